The number of nitrogens with one attached hydrogen (secondary N) is 1. The molecule has 0 spiro atoms. The fourth-order valence-corrected chi connectivity index (χ4v) is 3.68. The Morgan fingerprint density at radius 2 is 1.97 bits per heavy atom. The molecule has 158 valence electrons. The molecule has 0 bridgehead atoms. The molecule has 2 aromatic carbocycles. The second-order valence-electron chi connectivity index (χ2n) is 6.57. The summed E-state index contributed by atoms with van der Waals surface area (Å²) < 4.78 is 12.5. The number of aryl methyl sites for hydroxylation is 1. The van der Waals surface area contributed by atoms with Crippen LogP contribution in [0.3, 0.4) is 0 Å². The molecule has 8 heteroatoms. The van der Waals surface area contributed by atoms with Gasteiger partial charge in [0.25, 0.3) is 0 Å². The normalized spacial score (nSPS) is 10.8. The third-order valence-corrected chi connectivity index (χ3v) is 5.21. The highest BCUT2D eigenvalue weighted by Gasteiger charge is 2.17. The standard InChI is InChI=1S/C22H26N4O3S/c1-4-29-19-10-8-18(9-11-19)26-21(17-7-5-6-16(2)14-17)24-25-22(26)30-15-20(27)23-12-13-28-3/h5-11,14H,4,12-13,15H2,1-3H3,(H,23,27). The molecule has 0 aliphatic rings. The van der Waals surface area contributed by atoms with E-state index in [4.69, 9.17) is 9.47 Å². The Labute approximate surface area is 180 Å². The number of nitrogens with zero attached hydrogens (tertiary/aromatic N) is 3. The summed E-state index contributed by atoms with van der Waals surface area (Å²) in [6, 6.07) is 15.9. The van der Waals surface area contributed by atoms with Crippen LogP contribution in [0.1, 0.15) is 12.5 Å². The molecule has 3 rings (SSSR count). The second kappa shape index (κ2) is 10.8. The molecule has 0 aliphatic heterocycles. The molecule has 1 heterocycles. The lowest BCUT2D eigenvalue weighted by atomic mass is 10.1. The van der Waals surface area contributed by atoms with Crippen molar-refractivity contribution in [1.29, 1.82) is 0 Å². The van der Waals surface area contributed by atoms with Crippen LogP contribution in [0.25, 0.3) is 17.1 Å². The van der Waals surface area contributed by atoms with Crippen LogP contribution in [-0.2, 0) is 9.53 Å². The van der Waals surface area contributed by atoms with Crippen molar-refractivity contribution in [2.75, 3.05) is 32.6 Å². The molecule has 0 unspecified atom stereocenters. The lowest BCUT2D eigenvalue weighted by molar-refractivity contribution is -0.118. The van der Waals surface area contributed by atoms with Crippen LogP contribution in [-0.4, -0.2) is 53.3 Å². The smallest absolute Gasteiger partial charge is 0.230 e. The molecular weight excluding hydrogens is 400 g/mol. The number of rotatable bonds is 10. The summed E-state index contributed by atoms with van der Waals surface area (Å²) in [5.74, 6) is 1.70. The SMILES string of the molecule is CCOc1ccc(-n2c(SCC(=O)NCCOC)nnc2-c2cccc(C)c2)cc1. The van der Waals surface area contributed by atoms with Crippen LogP contribution in [0, 0.1) is 6.92 Å². The summed E-state index contributed by atoms with van der Waals surface area (Å²) in [4.78, 5) is 12.1. The molecule has 1 aromatic heterocycles. The minimum atomic E-state index is -0.0737. The first-order chi connectivity index (χ1) is 14.6. The Balaban J connectivity index is 1.90. The van der Waals surface area contributed by atoms with Crippen LogP contribution < -0.4 is 10.1 Å². The van der Waals surface area contributed by atoms with E-state index in [1.165, 1.54) is 11.8 Å². The molecule has 1 amide bonds. The zero-order chi connectivity index (χ0) is 21.3. The second-order valence-corrected chi connectivity index (χ2v) is 7.51. The maximum absolute atomic E-state index is 12.1. The molecule has 3 aromatic rings. The zero-order valence-corrected chi connectivity index (χ0v) is 18.2. The van der Waals surface area contributed by atoms with E-state index >= 15 is 0 Å². The van der Waals surface area contributed by atoms with Gasteiger partial charge in [0.15, 0.2) is 11.0 Å². The highest BCUT2D eigenvalue weighted by atomic mass is 32.2. The van der Waals surface area contributed by atoms with E-state index in [1.807, 2.05) is 60.9 Å². The van der Waals surface area contributed by atoms with E-state index in [0.717, 1.165) is 28.4 Å². The average molecular weight is 427 g/mol. The Morgan fingerprint density at radius 1 is 1.17 bits per heavy atom. The van der Waals surface area contributed by atoms with Crippen molar-refractivity contribution in [3.63, 3.8) is 0 Å². The minimum Gasteiger partial charge on any atom is -0.494 e. The van der Waals surface area contributed by atoms with Crippen LogP contribution in [0.2, 0.25) is 0 Å². The first kappa shape index (κ1) is 21.9. The van der Waals surface area contributed by atoms with Gasteiger partial charge in [0.1, 0.15) is 5.75 Å². The lowest BCUT2D eigenvalue weighted by Crippen LogP contribution is -2.28. The number of thioether (sulfide) groups is 1. The van der Waals surface area contributed by atoms with E-state index < -0.39 is 0 Å². The van der Waals surface area contributed by atoms with Crippen molar-refractivity contribution in [2.24, 2.45) is 0 Å². The maximum atomic E-state index is 12.1. The van der Waals surface area contributed by atoms with Crippen LogP contribution >= 0.6 is 11.8 Å². The van der Waals surface area contributed by atoms with Crippen molar-refractivity contribution in [3.05, 3.63) is 54.1 Å². The molecule has 7 nitrogen and oxygen atoms in total. The monoisotopic (exact) mass is 426 g/mol. The predicted octanol–water partition coefficient (Wildman–Crippen LogP) is 3.50. The fourth-order valence-electron chi connectivity index (χ4n) is 2.90. The van der Waals surface area contributed by atoms with E-state index in [-0.39, 0.29) is 11.7 Å². The molecule has 0 saturated carbocycles. The highest BCUT2D eigenvalue weighted by Crippen LogP contribution is 2.29. The van der Waals surface area contributed by atoms with Gasteiger partial charge in [0.2, 0.25) is 5.91 Å². The van der Waals surface area contributed by atoms with Gasteiger partial charge in [-0.15, -0.1) is 10.2 Å². The minimum absolute atomic E-state index is 0.0737. The van der Waals surface area contributed by atoms with E-state index in [2.05, 4.69) is 21.6 Å². The maximum Gasteiger partial charge on any atom is 0.230 e. The number of ether oxygens (including phenoxy) is 2. The third-order valence-electron chi connectivity index (χ3n) is 4.28. The predicted molar refractivity (Wildman–Crippen MR) is 118 cm³/mol. The van der Waals surface area contributed by atoms with Gasteiger partial charge in [-0.25, -0.2) is 0 Å². The van der Waals surface area contributed by atoms with E-state index in [9.17, 15) is 4.79 Å². The van der Waals surface area contributed by atoms with Gasteiger partial charge in [-0.2, -0.15) is 0 Å². The average Bonchev–Trinajstić information content (AvgIpc) is 3.17. The summed E-state index contributed by atoms with van der Waals surface area (Å²) in [6.07, 6.45) is 0. The van der Waals surface area contributed by atoms with E-state index in [0.29, 0.717) is 24.9 Å². The van der Waals surface area contributed by atoms with Crippen molar-refractivity contribution >= 4 is 17.7 Å². The van der Waals surface area contributed by atoms with Crippen molar-refractivity contribution < 1.29 is 14.3 Å². The quantitative estimate of drug-likeness (QED) is 0.395. The molecule has 0 saturated heterocycles. The van der Waals surface area contributed by atoms with Gasteiger partial charge < -0.3 is 14.8 Å². The summed E-state index contributed by atoms with van der Waals surface area (Å²) >= 11 is 1.35. The Bertz CT molecular complexity index is 973. The molecule has 30 heavy (non-hydrogen) atoms. The van der Waals surface area contributed by atoms with Gasteiger partial charge in [0.05, 0.1) is 19.0 Å². The molecule has 1 N–H and O–H groups in total. The van der Waals surface area contributed by atoms with Crippen LogP contribution in [0.4, 0.5) is 0 Å². The summed E-state index contributed by atoms with van der Waals surface area (Å²) in [5.41, 5.74) is 3.01. The number of amides is 1. The summed E-state index contributed by atoms with van der Waals surface area (Å²) in [7, 11) is 1.60. The van der Waals surface area contributed by atoms with Crippen LogP contribution in [0.15, 0.2) is 53.7 Å². The van der Waals surface area contributed by atoms with Gasteiger partial charge in [-0.1, -0.05) is 35.5 Å². The largest absolute Gasteiger partial charge is 0.494 e. The van der Waals surface area contributed by atoms with Gasteiger partial charge >= 0.3 is 0 Å². The van der Waals surface area contributed by atoms with Gasteiger partial charge in [-0.05, 0) is 44.2 Å². The Kier molecular flexibility index (Phi) is 7.87. The van der Waals surface area contributed by atoms with Crippen molar-refractivity contribution in [3.8, 4) is 22.8 Å². The first-order valence-corrected chi connectivity index (χ1v) is 10.7. The number of hydrogen-bond donors (Lipinski definition) is 1. The molecule has 0 fully saturated rings. The fraction of sp³-hybridized carbons (Fsp3) is 0.318. The lowest BCUT2D eigenvalue weighted by Gasteiger charge is -2.12. The Morgan fingerprint density at radius 3 is 2.67 bits per heavy atom. The number of carbonyl (C=O) groups excluding carboxylic acids is 1. The van der Waals surface area contributed by atoms with E-state index in [1.54, 1.807) is 7.11 Å². The molecule has 0 aliphatic carbocycles. The van der Waals surface area contributed by atoms with Crippen molar-refractivity contribution in [2.45, 2.75) is 19.0 Å². The number of aromatic nitrogens is 3. The number of carbonyl (C=O) groups is 1. The number of hydrogen-bond acceptors (Lipinski definition) is 6. The zero-order valence-electron chi connectivity index (χ0n) is 17.4. The number of benzene rings is 2. The van der Waals surface area contributed by atoms with Gasteiger partial charge in [-0.3, -0.25) is 9.36 Å². The first-order valence-electron chi connectivity index (χ1n) is 9.76. The molecule has 0 atom stereocenters. The highest BCUT2D eigenvalue weighted by molar-refractivity contribution is 7.99. The van der Waals surface area contributed by atoms with Crippen molar-refractivity contribution in [1.82, 2.24) is 20.1 Å². The van der Waals surface area contributed by atoms with Gasteiger partial charge in [0, 0.05) is 24.9 Å². The topological polar surface area (TPSA) is 78.3 Å². The summed E-state index contributed by atoms with van der Waals surface area (Å²) in [6.45, 7) is 5.57. The molecule has 0 radical (unpaired) electrons. The van der Waals surface area contributed by atoms with Crippen LogP contribution in [0.5, 0.6) is 5.75 Å². The molecular formula is C22H26N4O3S. The Hall–Kier alpha value is -2.84. The summed E-state index contributed by atoms with van der Waals surface area (Å²) in [5, 5.41) is 12.3. The third kappa shape index (κ3) is 5.61. The number of methoxy groups -OCH3 is 1.